The van der Waals surface area contributed by atoms with Gasteiger partial charge in [-0.1, -0.05) is 12.1 Å². The third kappa shape index (κ3) is 4.88. The lowest BCUT2D eigenvalue weighted by atomic mass is 10.1. The number of aliphatic hydroxyl groups is 2. The molecule has 0 aliphatic heterocycles. The van der Waals surface area contributed by atoms with Gasteiger partial charge in [0, 0.05) is 25.0 Å². The summed E-state index contributed by atoms with van der Waals surface area (Å²) in [4.78, 5) is 13.4. The molecule has 0 atom stereocenters. The number of benzene rings is 1. The van der Waals surface area contributed by atoms with Crippen LogP contribution in [0.15, 0.2) is 30.0 Å². The first-order chi connectivity index (χ1) is 10.5. The van der Waals surface area contributed by atoms with Crippen LogP contribution in [-0.4, -0.2) is 47.3 Å². The minimum absolute atomic E-state index is 0.0713. The van der Waals surface area contributed by atoms with Gasteiger partial charge < -0.3 is 20.4 Å². The molecule has 0 radical (unpaired) electrons. The number of carbonyl (C=O) groups excluding carboxylic acids is 1. The van der Waals surface area contributed by atoms with Crippen molar-refractivity contribution in [3.05, 3.63) is 41.1 Å². The highest BCUT2D eigenvalue weighted by Gasteiger charge is 2.17. The van der Waals surface area contributed by atoms with E-state index in [4.69, 9.17) is 15.5 Å². The van der Waals surface area contributed by atoms with Gasteiger partial charge in [-0.05, 0) is 31.0 Å². The molecule has 0 aliphatic rings. The highest BCUT2D eigenvalue weighted by Crippen LogP contribution is 2.16. The summed E-state index contributed by atoms with van der Waals surface area (Å²) < 4.78 is 0. The maximum absolute atomic E-state index is 12.2. The standard InChI is InChI=1S/C16H21N3O3/c1-12-3-4-13(2)15(9-12)18-11-14(10-17)16(22)19(5-7-20)6-8-21/h3-4,9,11,18,20-21H,5-8H2,1-2H3/b14-11-. The highest BCUT2D eigenvalue weighted by atomic mass is 16.3. The fraction of sp³-hybridized carbons (Fsp3) is 0.375. The van der Waals surface area contributed by atoms with E-state index in [-0.39, 0.29) is 31.9 Å². The first kappa shape index (κ1) is 17.7. The van der Waals surface area contributed by atoms with Crippen molar-refractivity contribution in [3.63, 3.8) is 0 Å². The minimum Gasteiger partial charge on any atom is -0.395 e. The number of aryl methyl sites for hydroxylation is 2. The van der Waals surface area contributed by atoms with Gasteiger partial charge in [-0.15, -0.1) is 0 Å². The van der Waals surface area contributed by atoms with Gasteiger partial charge in [0.1, 0.15) is 11.6 Å². The second-order valence-electron chi connectivity index (χ2n) is 4.87. The number of carbonyl (C=O) groups is 1. The molecule has 3 N–H and O–H groups in total. The van der Waals surface area contributed by atoms with E-state index in [0.717, 1.165) is 16.8 Å². The summed E-state index contributed by atoms with van der Waals surface area (Å²) in [5.74, 6) is -0.525. The molecule has 0 unspecified atom stereocenters. The number of amides is 1. The molecule has 0 saturated heterocycles. The normalized spacial score (nSPS) is 11.0. The predicted molar refractivity (Wildman–Crippen MR) is 84.0 cm³/mol. The van der Waals surface area contributed by atoms with E-state index in [1.807, 2.05) is 38.1 Å². The summed E-state index contributed by atoms with van der Waals surface area (Å²) in [5, 5.41) is 30.0. The molecule has 0 aromatic heterocycles. The van der Waals surface area contributed by atoms with Crippen molar-refractivity contribution in [2.24, 2.45) is 0 Å². The van der Waals surface area contributed by atoms with Crippen LogP contribution in [0.3, 0.4) is 0 Å². The van der Waals surface area contributed by atoms with E-state index in [1.165, 1.54) is 11.1 Å². The van der Waals surface area contributed by atoms with Crippen molar-refractivity contribution in [2.45, 2.75) is 13.8 Å². The molecule has 0 spiro atoms. The van der Waals surface area contributed by atoms with E-state index in [9.17, 15) is 4.79 Å². The Labute approximate surface area is 130 Å². The molecule has 1 aromatic rings. The van der Waals surface area contributed by atoms with E-state index < -0.39 is 5.91 Å². The summed E-state index contributed by atoms with van der Waals surface area (Å²) >= 11 is 0. The molecule has 22 heavy (non-hydrogen) atoms. The van der Waals surface area contributed by atoms with Crippen LogP contribution in [0, 0.1) is 25.2 Å². The lowest BCUT2D eigenvalue weighted by Crippen LogP contribution is -2.36. The van der Waals surface area contributed by atoms with Gasteiger partial charge >= 0.3 is 0 Å². The van der Waals surface area contributed by atoms with Crippen LogP contribution in [0.5, 0.6) is 0 Å². The quantitative estimate of drug-likeness (QED) is 0.514. The van der Waals surface area contributed by atoms with Gasteiger partial charge in [-0.2, -0.15) is 5.26 Å². The summed E-state index contributed by atoms with van der Waals surface area (Å²) in [5.41, 5.74) is 2.79. The number of nitriles is 1. The Balaban J connectivity index is 2.92. The van der Waals surface area contributed by atoms with Crippen LogP contribution in [0.1, 0.15) is 11.1 Å². The molecule has 6 nitrogen and oxygen atoms in total. The summed E-state index contributed by atoms with van der Waals surface area (Å²) in [7, 11) is 0. The van der Waals surface area contributed by atoms with Crippen molar-refractivity contribution < 1.29 is 15.0 Å². The Kier molecular flexibility index (Phi) is 7.09. The zero-order chi connectivity index (χ0) is 16.5. The van der Waals surface area contributed by atoms with Crippen molar-refractivity contribution in [1.29, 1.82) is 5.26 Å². The Bertz CT molecular complexity index is 585. The molecule has 1 rings (SSSR count). The topological polar surface area (TPSA) is 96.6 Å². The third-order valence-electron chi connectivity index (χ3n) is 3.14. The van der Waals surface area contributed by atoms with Crippen LogP contribution in [0.4, 0.5) is 5.69 Å². The molecule has 0 fully saturated rings. The molecule has 118 valence electrons. The zero-order valence-corrected chi connectivity index (χ0v) is 12.8. The molecule has 6 heteroatoms. The lowest BCUT2D eigenvalue weighted by molar-refractivity contribution is -0.127. The zero-order valence-electron chi connectivity index (χ0n) is 12.8. The largest absolute Gasteiger partial charge is 0.395 e. The number of hydrogen-bond donors (Lipinski definition) is 3. The molecule has 1 amide bonds. The van der Waals surface area contributed by atoms with Crippen LogP contribution in [-0.2, 0) is 4.79 Å². The third-order valence-corrected chi connectivity index (χ3v) is 3.14. The second kappa shape index (κ2) is 8.82. The number of nitrogens with zero attached hydrogens (tertiary/aromatic N) is 2. The Morgan fingerprint density at radius 1 is 1.32 bits per heavy atom. The van der Waals surface area contributed by atoms with Crippen LogP contribution in [0.25, 0.3) is 0 Å². The Hall–Kier alpha value is -2.36. The second-order valence-corrected chi connectivity index (χ2v) is 4.87. The number of anilines is 1. The number of aliphatic hydroxyl groups excluding tert-OH is 2. The van der Waals surface area contributed by atoms with Gasteiger partial charge in [-0.25, -0.2) is 0 Å². The minimum atomic E-state index is -0.525. The molecular weight excluding hydrogens is 282 g/mol. The monoisotopic (exact) mass is 303 g/mol. The lowest BCUT2D eigenvalue weighted by Gasteiger charge is -2.20. The van der Waals surface area contributed by atoms with E-state index in [1.54, 1.807) is 0 Å². The fourth-order valence-electron chi connectivity index (χ4n) is 1.91. The van der Waals surface area contributed by atoms with Crippen LogP contribution in [0.2, 0.25) is 0 Å². The summed E-state index contributed by atoms with van der Waals surface area (Å²) in [6.45, 7) is 3.57. The van der Waals surface area contributed by atoms with Gasteiger partial charge in [0.2, 0.25) is 0 Å². The summed E-state index contributed by atoms with van der Waals surface area (Å²) in [6.07, 6.45) is 1.35. The molecule has 1 aromatic carbocycles. The predicted octanol–water partition coefficient (Wildman–Crippen LogP) is 0.936. The first-order valence-electron chi connectivity index (χ1n) is 6.98. The van der Waals surface area contributed by atoms with E-state index >= 15 is 0 Å². The highest BCUT2D eigenvalue weighted by molar-refractivity contribution is 5.97. The van der Waals surface area contributed by atoms with Crippen molar-refractivity contribution >= 4 is 11.6 Å². The van der Waals surface area contributed by atoms with E-state index in [0.29, 0.717) is 0 Å². The number of rotatable bonds is 7. The maximum Gasteiger partial charge on any atom is 0.266 e. The number of hydrogen-bond acceptors (Lipinski definition) is 5. The Morgan fingerprint density at radius 2 is 1.95 bits per heavy atom. The maximum atomic E-state index is 12.2. The molecule has 0 heterocycles. The molecule has 0 saturated carbocycles. The first-order valence-corrected chi connectivity index (χ1v) is 6.98. The fourth-order valence-corrected chi connectivity index (χ4v) is 1.91. The molecule has 0 bridgehead atoms. The van der Waals surface area contributed by atoms with Crippen molar-refractivity contribution in [3.8, 4) is 6.07 Å². The average molecular weight is 303 g/mol. The molecule has 0 aliphatic carbocycles. The number of nitrogens with one attached hydrogen (secondary N) is 1. The van der Waals surface area contributed by atoms with E-state index in [2.05, 4.69) is 5.32 Å². The average Bonchev–Trinajstić information content (AvgIpc) is 2.50. The van der Waals surface area contributed by atoms with Gasteiger partial charge in [0.05, 0.1) is 13.2 Å². The van der Waals surface area contributed by atoms with Gasteiger partial charge in [-0.3, -0.25) is 4.79 Å². The molecular formula is C16H21N3O3. The van der Waals surface area contributed by atoms with Crippen LogP contribution >= 0.6 is 0 Å². The van der Waals surface area contributed by atoms with Crippen molar-refractivity contribution in [2.75, 3.05) is 31.6 Å². The Morgan fingerprint density at radius 3 is 2.50 bits per heavy atom. The van der Waals surface area contributed by atoms with Gasteiger partial charge in [0.15, 0.2) is 0 Å². The van der Waals surface area contributed by atoms with Gasteiger partial charge in [0.25, 0.3) is 5.91 Å². The summed E-state index contributed by atoms with van der Waals surface area (Å²) in [6, 6.07) is 7.69. The van der Waals surface area contributed by atoms with Crippen molar-refractivity contribution in [1.82, 2.24) is 4.90 Å². The smallest absolute Gasteiger partial charge is 0.266 e. The van der Waals surface area contributed by atoms with Crippen LogP contribution < -0.4 is 5.32 Å². The SMILES string of the molecule is Cc1ccc(C)c(N/C=C(/C#N)C(=O)N(CCO)CCO)c1.